The van der Waals surface area contributed by atoms with Crippen molar-refractivity contribution in [1.29, 1.82) is 0 Å². The van der Waals surface area contributed by atoms with E-state index in [1.54, 1.807) is 0 Å². The topological polar surface area (TPSA) is 3.88 Å². The lowest BCUT2D eigenvalue weighted by Crippen LogP contribution is -2.30. The van der Waals surface area contributed by atoms with E-state index in [1.165, 1.54) is 58.5 Å². The van der Waals surface area contributed by atoms with Gasteiger partial charge in [-0.15, -0.1) is 11.3 Å². The highest BCUT2D eigenvalue weighted by Gasteiger charge is 2.18. The van der Waals surface area contributed by atoms with Crippen LogP contribution in [0.5, 0.6) is 0 Å². The molecular formula is C25H18NS+. The average molecular weight is 364 g/mol. The zero-order valence-corrected chi connectivity index (χ0v) is 16.1. The molecule has 128 valence electrons. The third kappa shape index (κ3) is 1.96. The maximum Gasteiger partial charge on any atom is 0.212 e. The molecule has 27 heavy (non-hydrogen) atoms. The number of hydrogen-bond donors (Lipinski definition) is 0. The number of nitrogens with zero attached hydrogens (tertiary/aromatic N) is 1. The third-order valence-corrected chi connectivity index (χ3v) is 6.92. The highest BCUT2D eigenvalue weighted by molar-refractivity contribution is 7.26. The second kappa shape index (κ2) is 5.28. The lowest BCUT2D eigenvalue weighted by atomic mass is 9.91. The van der Waals surface area contributed by atoms with Crippen LogP contribution in [0, 0.1) is 6.92 Å². The van der Waals surface area contributed by atoms with Crippen LogP contribution in [0.25, 0.3) is 53.0 Å². The van der Waals surface area contributed by atoms with Crippen molar-refractivity contribution in [3.63, 3.8) is 0 Å². The van der Waals surface area contributed by atoms with Gasteiger partial charge in [-0.25, -0.2) is 4.57 Å². The highest BCUT2D eigenvalue weighted by Crippen LogP contribution is 2.45. The van der Waals surface area contributed by atoms with Crippen LogP contribution < -0.4 is 4.57 Å². The Balaban J connectivity index is 1.87. The predicted molar refractivity (Wildman–Crippen MR) is 117 cm³/mol. The summed E-state index contributed by atoms with van der Waals surface area (Å²) in [4.78, 5) is 0. The van der Waals surface area contributed by atoms with E-state index >= 15 is 0 Å². The molecular weight excluding hydrogens is 346 g/mol. The van der Waals surface area contributed by atoms with Crippen molar-refractivity contribution in [1.82, 2.24) is 0 Å². The lowest BCUT2D eigenvalue weighted by molar-refractivity contribution is -0.660. The molecule has 0 spiro atoms. The van der Waals surface area contributed by atoms with Crippen LogP contribution in [-0.4, -0.2) is 0 Å². The molecule has 2 aromatic heterocycles. The Labute approximate surface area is 161 Å². The monoisotopic (exact) mass is 364 g/mol. The number of benzene rings is 4. The summed E-state index contributed by atoms with van der Waals surface area (Å²) in [6, 6.07) is 24.6. The number of fused-ring (bicyclic) bond motifs is 3. The second-order valence-corrected chi connectivity index (χ2v) is 8.45. The Hall–Kier alpha value is -2.97. The van der Waals surface area contributed by atoms with Crippen molar-refractivity contribution in [2.45, 2.75) is 6.92 Å². The molecule has 0 saturated heterocycles. The van der Waals surface area contributed by atoms with E-state index in [1.807, 2.05) is 11.3 Å². The first kappa shape index (κ1) is 15.1. The van der Waals surface area contributed by atoms with E-state index < -0.39 is 0 Å². The summed E-state index contributed by atoms with van der Waals surface area (Å²) < 4.78 is 4.97. The Bertz CT molecular complexity index is 1490. The Morgan fingerprint density at radius 3 is 2.04 bits per heavy atom. The van der Waals surface area contributed by atoms with Gasteiger partial charge in [-0.1, -0.05) is 24.3 Å². The Kier molecular flexibility index (Phi) is 2.95. The van der Waals surface area contributed by atoms with Gasteiger partial charge in [0.05, 0.1) is 0 Å². The lowest BCUT2D eigenvalue weighted by Gasteiger charge is -2.12. The van der Waals surface area contributed by atoms with E-state index in [9.17, 15) is 0 Å². The minimum Gasteiger partial charge on any atom is -0.201 e. The summed E-state index contributed by atoms with van der Waals surface area (Å²) >= 11 is 1.90. The summed E-state index contributed by atoms with van der Waals surface area (Å²) in [5, 5.41) is 8.31. The predicted octanol–water partition coefficient (Wildman–Crippen LogP) is 6.60. The van der Waals surface area contributed by atoms with E-state index in [4.69, 9.17) is 0 Å². The molecule has 0 bridgehead atoms. The molecule has 0 atom stereocenters. The molecule has 2 heterocycles. The normalized spacial score (nSPS) is 12.1. The SMILES string of the molecule is Cc1cc2c(cc1-c1cccc[n+]1C)c1cccc3sc4cccc2c4c31. The molecule has 2 heteroatoms. The first-order valence-corrected chi connectivity index (χ1v) is 10.1. The fourth-order valence-corrected chi connectivity index (χ4v) is 5.71. The van der Waals surface area contributed by atoms with Crippen molar-refractivity contribution in [2.75, 3.05) is 0 Å². The van der Waals surface area contributed by atoms with Crippen LogP contribution in [0.4, 0.5) is 0 Å². The maximum absolute atomic E-state index is 2.40. The van der Waals surface area contributed by atoms with E-state index in [0.717, 1.165) is 0 Å². The smallest absolute Gasteiger partial charge is 0.201 e. The average Bonchev–Trinajstić information content (AvgIpc) is 3.07. The van der Waals surface area contributed by atoms with Crippen molar-refractivity contribution >= 4 is 53.1 Å². The molecule has 6 rings (SSSR count). The van der Waals surface area contributed by atoms with E-state index in [2.05, 4.69) is 91.5 Å². The van der Waals surface area contributed by atoms with Gasteiger partial charge in [0.15, 0.2) is 6.20 Å². The summed E-state index contributed by atoms with van der Waals surface area (Å²) in [5.74, 6) is 0. The molecule has 0 N–H and O–H groups in total. The van der Waals surface area contributed by atoms with E-state index in [-0.39, 0.29) is 0 Å². The van der Waals surface area contributed by atoms with Gasteiger partial charge >= 0.3 is 0 Å². The molecule has 4 aromatic carbocycles. The van der Waals surface area contributed by atoms with Gasteiger partial charge in [0, 0.05) is 37.9 Å². The van der Waals surface area contributed by atoms with Crippen LogP contribution in [0.1, 0.15) is 5.56 Å². The highest BCUT2D eigenvalue weighted by atomic mass is 32.1. The minimum atomic E-state index is 1.25. The van der Waals surface area contributed by atoms with Gasteiger partial charge in [0.2, 0.25) is 5.69 Å². The van der Waals surface area contributed by atoms with Crippen molar-refractivity contribution in [3.05, 3.63) is 78.5 Å². The fraction of sp³-hybridized carbons (Fsp3) is 0.0800. The van der Waals surface area contributed by atoms with Crippen LogP contribution in [-0.2, 0) is 7.05 Å². The molecule has 6 aromatic rings. The van der Waals surface area contributed by atoms with E-state index in [0.29, 0.717) is 0 Å². The summed E-state index contributed by atoms with van der Waals surface area (Å²) in [5.41, 5.74) is 3.87. The first-order valence-electron chi connectivity index (χ1n) is 9.27. The van der Waals surface area contributed by atoms with Gasteiger partial charge in [-0.3, -0.25) is 0 Å². The zero-order chi connectivity index (χ0) is 18.1. The van der Waals surface area contributed by atoms with Crippen LogP contribution >= 0.6 is 11.3 Å². The summed E-state index contributed by atoms with van der Waals surface area (Å²) in [6.07, 6.45) is 2.12. The van der Waals surface area contributed by atoms with Crippen LogP contribution in [0.2, 0.25) is 0 Å². The van der Waals surface area contributed by atoms with Gasteiger partial charge in [-0.05, 0) is 64.4 Å². The molecule has 0 fully saturated rings. The molecule has 0 aliphatic rings. The molecule has 0 aliphatic carbocycles. The quantitative estimate of drug-likeness (QED) is 0.229. The molecule has 0 aliphatic heterocycles. The van der Waals surface area contributed by atoms with Crippen molar-refractivity contribution in [2.24, 2.45) is 7.05 Å². The van der Waals surface area contributed by atoms with Crippen LogP contribution in [0.15, 0.2) is 72.9 Å². The Morgan fingerprint density at radius 2 is 1.37 bits per heavy atom. The van der Waals surface area contributed by atoms with Gasteiger partial charge in [-0.2, -0.15) is 0 Å². The number of aromatic nitrogens is 1. The molecule has 0 saturated carbocycles. The van der Waals surface area contributed by atoms with Crippen molar-refractivity contribution < 1.29 is 4.57 Å². The Morgan fingerprint density at radius 1 is 0.704 bits per heavy atom. The zero-order valence-electron chi connectivity index (χ0n) is 15.3. The van der Waals surface area contributed by atoms with Crippen molar-refractivity contribution in [3.8, 4) is 11.3 Å². The molecule has 0 amide bonds. The summed E-state index contributed by atoms with van der Waals surface area (Å²) in [7, 11) is 2.12. The number of pyridine rings is 1. The minimum absolute atomic E-state index is 1.25. The van der Waals surface area contributed by atoms with Gasteiger partial charge in [0.1, 0.15) is 7.05 Å². The molecule has 1 nitrogen and oxygen atoms in total. The number of hydrogen-bond acceptors (Lipinski definition) is 1. The fourth-order valence-electron chi connectivity index (χ4n) is 4.55. The molecule has 0 unspecified atom stereocenters. The number of aryl methyl sites for hydroxylation is 2. The van der Waals surface area contributed by atoms with Gasteiger partial charge < -0.3 is 0 Å². The number of thiophene rings is 1. The molecule has 0 radical (unpaired) electrons. The maximum atomic E-state index is 2.40. The summed E-state index contributed by atoms with van der Waals surface area (Å²) in [6.45, 7) is 2.23. The second-order valence-electron chi connectivity index (χ2n) is 7.37. The number of rotatable bonds is 1. The van der Waals surface area contributed by atoms with Gasteiger partial charge in [0.25, 0.3) is 0 Å². The standard InChI is InChI=1S/C25H18NS/c1-15-13-19-16-7-5-10-22-24(16)25-17(8-6-11-23(25)27-22)20(19)14-18(15)21-9-3-4-12-26(21)2/h3-14H,1-2H3/q+1. The first-order chi connectivity index (χ1) is 13.2. The van der Waals surface area contributed by atoms with Crippen LogP contribution in [0.3, 0.4) is 0 Å². The third-order valence-electron chi connectivity index (χ3n) is 5.80. The largest absolute Gasteiger partial charge is 0.212 e.